The van der Waals surface area contributed by atoms with Crippen molar-refractivity contribution in [3.8, 4) is 5.69 Å². The Hall–Kier alpha value is -2.73. The number of nitrogens with zero attached hydrogens (tertiary/aromatic N) is 4. The normalized spacial score (nSPS) is 11.2. The van der Waals surface area contributed by atoms with Gasteiger partial charge in [0.2, 0.25) is 5.78 Å². The second-order valence-corrected chi connectivity index (χ2v) is 6.38. The average Bonchev–Trinajstić information content (AvgIpc) is 3.24. The lowest BCUT2D eigenvalue weighted by Crippen LogP contribution is -2.06. The number of benzene rings is 1. The van der Waals surface area contributed by atoms with Gasteiger partial charge in [-0.2, -0.15) is 5.10 Å². The summed E-state index contributed by atoms with van der Waals surface area (Å²) in [5.74, 6) is 0.392. The molecule has 0 atom stereocenters. The van der Waals surface area contributed by atoms with E-state index in [1.54, 1.807) is 17.0 Å². The van der Waals surface area contributed by atoms with Gasteiger partial charge in [0.1, 0.15) is 4.83 Å². The first-order chi connectivity index (χ1) is 11.1. The fourth-order valence-electron chi connectivity index (χ4n) is 2.60. The van der Waals surface area contributed by atoms with Crippen molar-refractivity contribution in [1.82, 2.24) is 19.3 Å². The Morgan fingerprint density at radius 1 is 1.22 bits per heavy atom. The predicted octanol–water partition coefficient (Wildman–Crippen LogP) is 3.36. The molecule has 0 saturated heterocycles. The molecule has 0 unspecified atom stereocenters. The van der Waals surface area contributed by atoms with Crippen LogP contribution in [-0.4, -0.2) is 25.1 Å². The summed E-state index contributed by atoms with van der Waals surface area (Å²) in [6, 6.07) is 11.9. The van der Waals surface area contributed by atoms with E-state index in [0.29, 0.717) is 10.7 Å². The standard InChI is InChI=1S/C17H14N4OS/c1-11-13-10-14(15(22)16-18-8-9-20(16)2)23-17(13)21(19-11)12-6-4-3-5-7-12/h3-10H,1-2H3. The van der Waals surface area contributed by atoms with Crippen molar-refractivity contribution < 1.29 is 4.79 Å². The maximum Gasteiger partial charge on any atom is 0.238 e. The minimum absolute atomic E-state index is 0.0577. The fraction of sp³-hybridized carbons (Fsp3) is 0.118. The maximum absolute atomic E-state index is 12.7. The third-order valence-electron chi connectivity index (χ3n) is 3.79. The smallest absolute Gasteiger partial charge is 0.238 e. The van der Waals surface area contributed by atoms with Crippen LogP contribution in [0.5, 0.6) is 0 Å². The lowest BCUT2D eigenvalue weighted by Gasteiger charge is -2.01. The zero-order valence-corrected chi connectivity index (χ0v) is 13.5. The van der Waals surface area contributed by atoms with Gasteiger partial charge in [0.15, 0.2) is 5.82 Å². The molecule has 0 bridgehead atoms. The Kier molecular flexibility index (Phi) is 3.12. The van der Waals surface area contributed by atoms with E-state index in [2.05, 4.69) is 10.1 Å². The van der Waals surface area contributed by atoms with Crippen molar-refractivity contribution >= 4 is 27.3 Å². The summed E-state index contributed by atoms with van der Waals surface area (Å²) in [6.07, 6.45) is 3.41. The second kappa shape index (κ2) is 5.17. The largest absolute Gasteiger partial charge is 0.331 e. The molecule has 4 aromatic rings. The van der Waals surface area contributed by atoms with Gasteiger partial charge in [0.25, 0.3) is 0 Å². The molecule has 3 heterocycles. The Morgan fingerprint density at radius 2 is 2.00 bits per heavy atom. The van der Waals surface area contributed by atoms with Gasteiger partial charge in [0, 0.05) is 24.8 Å². The highest BCUT2D eigenvalue weighted by Gasteiger charge is 2.20. The number of thiophene rings is 1. The van der Waals surface area contributed by atoms with Crippen molar-refractivity contribution in [2.24, 2.45) is 7.05 Å². The van der Waals surface area contributed by atoms with Crippen molar-refractivity contribution in [2.75, 3.05) is 0 Å². The minimum Gasteiger partial charge on any atom is -0.331 e. The third-order valence-corrected chi connectivity index (χ3v) is 4.90. The van der Waals surface area contributed by atoms with E-state index in [1.807, 2.05) is 55.1 Å². The summed E-state index contributed by atoms with van der Waals surface area (Å²) in [5.41, 5.74) is 1.91. The third kappa shape index (κ3) is 2.19. The zero-order chi connectivity index (χ0) is 16.0. The Morgan fingerprint density at radius 3 is 2.70 bits per heavy atom. The Balaban J connectivity index is 1.86. The molecule has 0 aliphatic rings. The lowest BCUT2D eigenvalue weighted by atomic mass is 10.2. The molecule has 0 fully saturated rings. The molecule has 3 aromatic heterocycles. The van der Waals surface area contributed by atoms with E-state index < -0.39 is 0 Å². The summed E-state index contributed by atoms with van der Waals surface area (Å²) in [7, 11) is 1.82. The SMILES string of the molecule is Cc1nn(-c2ccccc2)c2sc(C(=O)c3nccn3C)cc12. The Bertz CT molecular complexity index is 1010. The molecule has 0 saturated carbocycles. The van der Waals surface area contributed by atoms with Crippen molar-refractivity contribution in [3.63, 3.8) is 0 Å². The monoisotopic (exact) mass is 322 g/mol. The van der Waals surface area contributed by atoms with Gasteiger partial charge in [-0.15, -0.1) is 11.3 Å². The van der Waals surface area contributed by atoms with Crippen molar-refractivity contribution in [2.45, 2.75) is 6.92 Å². The maximum atomic E-state index is 12.7. The molecule has 4 rings (SSSR count). The lowest BCUT2D eigenvalue weighted by molar-refractivity contribution is 0.103. The summed E-state index contributed by atoms with van der Waals surface area (Å²) >= 11 is 1.45. The number of ketones is 1. The quantitative estimate of drug-likeness (QED) is 0.544. The van der Waals surface area contributed by atoms with E-state index in [4.69, 9.17) is 0 Å². The van der Waals surface area contributed by atoms with Crippen LogP contribution in [0.3, 0.4) is 0 Å². The van der Waals surface area contributed by atoms with Gasteiger partial charge in [-0.1, -0.05) is 18.2 Å². The van der Waals surface area contributed by atoms with Gasteiger partial charge in [-0.25, -0.2) is 9.67 Å². The molecular formula is C17H14N4OS. The van der Waals surface area contributed by atoms with E-state index in [0.717, 1.165) is 21.6 Å². The molecule has 5 nitrogen and oxygen atoms in total. The van der Waals surface area contributed by atoms with Crippen LogP contribution in [0.1, 0.15) is 21.2 Å². The molecule has 0 amide bonds. The summed E-state index contributed by atoms with van der Waals surface area (Å²) in [6.45, 7) is 1.96. The van der Waals surface area contributed by atoms with Gasteiger partial charge < -0.3 is 4.57 Å². The Labute approximate surface area is 136 Å². The highest BCUT2D eigenvalue weighted by atomic mass is 32.1. The number of imidazole rings is 1. The van der Waals surface area contributed by atoms with Crippen LogP contribution < -0.4 is 0 Å². The summed E-state index contributed by atoms with van der Waals surface area (Å²) < 4.78 is 3.63. The molecule has 0 radical (unpaired) electrons. The first-order valence-electron chi connectivity index (χ1n) is 7.22. The topological polar surface area (TPSA) is 52.7 Å². The van der Waals surface area contributed by atoms with Crippen LogP contribution in [0.4, 0.5) is 0 Å². The van der Waals surface area contributed by atoms with Crippen LogP contribution in [0.25, 0.3) is 15.9 Å². The first kappa shape index (κ1) is 13.9. The first-order valence-corrected chi connectivity index (χ1v) is 8.03. The highest BCUT2D eigenvalue weighted by molar-refractivity contribution is 7.20. The zero-order valence-electron chi connectivity index (χ0n) is 12.7. The van der Waals surface area contributed by atoms with Crippen LogP contribution in [0.15, 0.2) is 48.8 Å². The molecule has 1 aromatic carbocycles. The molecular weight excluding hydrogens is 308 g/mol. The molecule has 23 heavy (non-hydrogen) atoms. The number of hydrogen-bond acceptors (Lipinski definition) is 4. The van der Waals surface area contributed by atoms with Gasteiger partial charge in [-0.3, -0.25) is 4.79 Å². The van der Waals surface area contributed by atoms with E-state index in [-0.39, 0.29) is 5.78 Å². The van der Waals surface area contributed by atoms with Gasteiger partial charge in [-0.05, 0) is 25.1 Å². The van der Waals surface area contributed by atoms with Crippen molar-refractivity contribution in [1.29, 1.82) is 0 Å². The van der Waals surface area contributed by atoms with Gasteiger partial charge >= 0.3 is 0 Å². The van der Waals surface area contributed by atoms with Crippen LogP contribution in [0.2, 0.25) is 0 Å². The minimum atomic E-state index is -0.0577. The molecule has 0 aliphatic heterocycles. The van der Waals surface area contributed by atoms with E-state index in [9.17, 15) is 4.79 Å². The highest BCUT2D eigenvalue weighted by Crippen LogP contribution is 2.31. The average molecular weight is 322 g/mol. The number of carbonyl (C=O) groups is 1. The molecule has 114 valence electrons. The van der Waals surface area contributed by atoms with Crippen LogP contribution in [0, 0.1) is 6.92 Å². The number of fused-ring (bicyclic) bond motifs is 1. The van der Waals surface area contributed by atoms with Crippen LogP contribution >= 0.6 is 11.3 Å². The number of aryl methyl sites for hydroxylation is 2. The number of carbonyl (C=O) groups excluding carboxylic acids is 1. The summed E-state index contributed by atoms with van der Waals surface area (Å²) in [4.78, 5) is 18.5. The molecule has 0 spiro atoms. The molecule has 0 aliphatic carbocycles. The number of para-hydroxylation sites is 1. The second-order valence-electron chi connectivity index (χ2n) is 5.35. The van der Waals surface area contributed by atoms with E-state index >= 15 is 0 Å². The number of rotatable bonds is 3. The van der Waals surface area contributed by atoms with Gasteiger partial charge in [0.05, 0.1) is 16.3 Å². The van der Waals surface area contributed by atoms with Crippen molar-refractivity contribution in [3.05, 3.63) is 65.2 Å². The molecule has 6 heteroatoms. The summed E-state index contributed by atoms with van der Waals surface area (Å²) in [5, 5.41) is 5.61. The van der Waals surface area contributed by atoms with Crippen LogP contribution in [-0.2, 0) is 7.05 Å². The van der Waals surface area contributed by atoms with E-state index in [1.165, 1.54) is 11.3 Å². The number of hydrogen-bond donors (Lipinski definition) is 0. The predicted molar refractivity (Wildman–Crippen MR) is 90.3 cm³/mol. The molecule has 0 N–H and O–H groups in total. The number of aromatic nitrogens is 4. The fourth-order valence-corrected chi connectivity index (χ4v) is 3.72.